The maximum Gasteiger partial charge on any atom is 0.238 e. The van der Waals surface area contributed by atoms with Crippen molar-refractivity contribution < 1.29 is 4.42 Å². The molecule has 3 aromatic heterocycles. The second kappa shape index (κ2) is 12.6. The Morgan fingerprint density at radius 1 is 0.426 bits per heavy atom. The Kier molecular flexibility index (Phi) is 8.00. The van der Waals surface area contributed by atoms with Gasteiger partial charge in [0, 0.05) is 32.7 Å². The highest BCUT2D eigenvalue weighted by molar-refractivity contribution is 6.69. The smallest absolute Gasteiger partial charge is 0.238 e. The van der Waals surface area contributed by atoms with Crippen LogP contribution in [0.2, 0.25) is 0 Å². The summed E-state index contributed by atoms with van der Waals surface area (Å²) < 4.78 is 8.87. The molecule has 3 heterocycles. The van der Waals surface area contributed by atoms with E-state index in [0.717, 1.165) is 60.4 Å². The van der Waals surface area contributed by atoms with Crippen molar-refractivity contribution in [3.05, 3.63) is 84.9 Å². The predicted molar refractivity (Wildman–Crippen MR) is 260 cm³/mol. The van der Waals surface area contributed by atoms with Gasteiger partial charge in [-0.2, -0.15) is 9.97 Å². The van der Waals surface area contributed by atoms with Crippen molar-refractivity contribution in [1.29, 1.82) is 0 Å². The molecule has 54 heavy (non-hydrogen) atoms. The van der Waals surface area contributed by atoms with Crippen LogP contribution in [-0.2, 0) is 0 Å². The van der Waals surface area contributed by atoms with E-state index in [0.29, 0.717) is 17.6 Å². The molecular weight excluding hydrogens is 649 g/mol. The van der Waals surface area contributed by atoms with Crippen LogP contribution in [0.15, 0.2) is 89.3 Å². The number of hydrogen-bond donors (Lipinski definition) is 0. The average molecular weight is 683 g/mol. The first-order valence-electron chi connectivity index (χ1n) is 18.8. The molecule has 0 aliphatic heterocycles. The highest BCUT2D eigenvalue weighted by Gasteiger charge is 2.23. The van der Waals surface area contributed by atoms with E-state index in [1.165, 1.54) is 60.2 Å². The normalized spacial score (nSPS) is 11.7. The Labute approximate surface area is 324 Å². The molecule has 0 amide bonds. The van der Waals surface area contributed by atoms with Gasteiger partial charge in [-0.25, -0.2) is 4.98 Å². The van der Waals surface area contributed by atoms with Crippen molar-refractivity contribution in [1.82, 2.24) is 19.5 Å². The fourth-order valence-electron chi connectivity index (χ4n) is 8.77. The van der Waals surface area contributed by atoms with Crippen LogP contribution in [-0.4, -0.2) is 98.0 Å². The molecule has 0 N–H and O–H groups in total. The van der Waals surface area contributed by atoms with Crippen molar-refractivity contribution >= 4 is 177 Å². The summed E-state index contributed by atoms with van der Waals surface area (Å²) in [5.74, 6) is 1.87. The molecule has 5 nitrogen and oxygen atoms in total. The molecule has 0 aliphatic rings. The van der Waals surface area contributed by atoms with E-state index >= 15 is 0 Å². The van der Waals surface area contributed by atoms with E-state index in [-0.39, 0.29) is 0 Å². The van der Waals surface area contributed by atoms with Crippen molar-refractivity contribution in [3.8, 4) is 39.9 Å². The molecule has 0 atom stereocenters. The number of hydrogen-bond acceptors (Lipinski definition) is 4. The molecule has 0 saturated heterocycles. The zero-order chi connectivity index (χ0) is 37.7. The van der Waals surface area contributed by atoms with Crippen LogP contribution in [0.1, 0.15) is 0 Å². The number of fused-ring (bicyclic) bond motifs is 6. The lowest BCUT2D eigenvalue weighted by atomic mass is 9.59. The van der Waals surface area contributed by atoms with Gasteiger partial charge in [0.15, 0.2) is 11.6 Å². The zero-order valence-electron chi connectivity index (χ0n) is 32.8. The van der Waals surface area contributed by atoms with Crippen LogP contribution in [0.5, 0.6) is 0 Å². The summed E-state index contributed by atoms with van der Waals surface area (Å²) in [6, 6.07) is 29.9. The second-order valence-electron chi connectivity index (χ2n) is 15.1. The van der Waals surface area contributed by atoms with Gasteiger partial charge >= 0.3 is 0 Å². The Morgan fingerprint density at radius 2 is 0.944 bits per heavy atom. The van der Waals surface area contributed by atoms with Gasteiger partial charge in [0.2, 0.25) is 5.95 Å². The summed E-state index contributed by atoms with van der Waals surface area (Å²) in [4.78, 5) is 16.0. The minimum atomic E-state index is 0.588. The summed E-state index contributed by atoms with van der Waals surface area (Å²) in [6.07, 6.45) is 0. The topological polar surface area (TPSA) is 56.7 Å². The van der Waals surface area contributed by atoms with E-state index in [9.17, 15) is 0 Å². The number of benzene rings is 6. The number of furan rings is 1. The molecule has 0 unspecified atom stereocenters. The van der Waals surface area contributed by atoms with Crippen molar-refractivity contribution in [3.63, 3.8) is 0 Å². The fraction of sp³-hybridized carbons (Fsp3) is 0. The Bertz CT molecular complexity index is 2970. The summed E-state index contributed by atoms with van der Waals surface area (Å²) >= 11 is 0. The van der Waals surface area contributed by atoms with E-state index in [1.54, 1.807) is 0 Å². The van der Waals surface area contributed by atoms with Gasteiger partial charge in [-0.1, -0.05) is 76.4 Å². The standard InChI is InChI=1S/C39H34B10N4O/c40-27-24(28(41)32(45)35(48)31(27)44)15-12-13-18-23(14-15)54-22-11-5-8-19(25(18)22)37-50-38(26-29(42)33(46)36(49)34(47)30(26)43)52-39(51-37)53-20-9-3-1-6-16(20)17-7-2-4-10-21(17)53/h1-14H,40-49H2. The first-order valence-corrected chi connectivity index (χ1v) is 18.8. The second-order valence-corrected chi connectivity index (χ2v) is 15.1. The summed E-state index contributed by atoms with van der Waals surface area (Å²) in [6.45, 7) is 0. The lowest BCUT2D eigenvalue weighted by Crippen LogP contribution is -2.55. The Balaban J connectivity index is 1.34. The van der Waals surface area contributed by atoms with Crippen LogP contribution in [0.3, 0.4) is 0 Å². The van der Waals surface area contributed by atoms with Gasteiger partial charge < -0.3 is 4.42 Å². The number of para-hydroxylation sites is 2. The minimum absolute atomic E-state index is 0.588. The van der Waals surface area contributed by atoms with Gasteiger partial charge in [-0.05, 0) is 41.5 Å². The van der Waals surface area contributed by atoms with Gasteiger partial charge in [-0.3, -0.25) is 4.57 Å². The third kappa shape index (κ3) is 4.97. The number of aromatic nitrogens is 4. The SMILES string of the molecule is Bc1c(B)c(B)c(-c2ccc3c(c2)oc2cccc(-c4nc(-c5c(B)c(B)c(B)c(B)c5B)nc(-n5c6ccccc6c6ccccc65)n4)c23)c(B)c1B. The quantitative estimate of drug-likeness (QED) is 0.173. The molecule has 0 radical (unpaired) electrons. The van der Waals surface area contributed by atoms with Gasteiger partial charge in [0.05, 0.1) is 11.0 Å². The molecule has 0 bridgehead atoms. The third-order valence-electron chi connectivity index (χ3n) is 12.7. The summed E-state index contributed by atoms with van der Waals surface area (Å²) in [7, 11) is 22.1. The molecule has 9 aromatic rings. The van der Waals surface area contributed by atoms with Gasteiger partial charge in [0.1, 0.15) is 89.6 Å². The van der Waals surface area contributed by atoms with Gasteiger partial charge in [0.25, 0.3) is 0 Å². The first-order chi connectivity index (χ1) is 26.0. The van der Waals surface area contributed by atoms with Crippen LogP contribution in [0.4, 0.5) is 0 Å². The van der Waals surface area contributed by atoms with E-state index in [2.05, 4.69) is 156 Å². The maximum absolute atomic E-state index is 6.68. The molecule has 0 aliphatic carbocycles. The fourth-order valence-corrected chi connectivity index (χ4v) is 8.77. The van der Waals surface area contributed by atoms with Crippen LogP contribution in [0, 0.1) is 0 Å². The lowest BCUT2D eigenvalue weighted by molar-refractivity contribution is 0.669. The molecule has 246 valence electrons. The average Bonchev–Trinajstić information content (AvgIpc) is 3.73. The van der Waals surface area contributed by atoms with Crippen molar-refractivity contribution in [2.45, 2.75) is 0 Å². The first kappa shape index (κ1) is 34.4. The van der Waals surface area contributed by atoms with Gasteiger partial charge in [-0.15, -0.1) is 32.8 Å². The highest BCUT2D eigenvalue weighted by Crippen LogP contribution is 2.38. The van der Waals surface area contributed by atoms with Crippen molar-refractivity contribution in [2.24, 2.45) is 0 Å². The van der Waals surface area contributed by atoms with Crippen molar-refractivity contribution in [2.75, 3.05) is 0 Å². The Morgan fingerprint density at radius 3 is 1.54 bits per heavy atom. The minimum Gasteiger partial charge on any atom is -0.456 e. The largest absolute Gasteiger partial charge is 0.456 e. The number of nitrogens with zero attached hydrogens (tertiary/aromatic N) is 4. The molecule has 0 saturated carbocycles. The molecule has 15 heteroatoms. The molecule has 9 rings (SSSR count). The van der Waals surface area contributed by atoms with E-state index in [4.69, 9.17) is 19.4 Å². The zero-order valence-corrected chi connectivity index (χ0v) is 32.8. The van der Waals surface area contributed by atoms with E-state index < -0.39 is 0 Å². The highest BCUT2D eigenvalue weighted by atomic mass is 16.3. The monoisotopic (exact) mass is 684 g/mol. The molecule has 0 spiro atoms. The third-order valence-corrected chi connectivity index (χ3v) is 12.7. The summed E-state index contributed by atoms with van der Waals surface area (Å²) in [5, 5.41) is 4.36. The predicted octanol–water partition coefficient (Wildman–Crippen LogP) is -7.55. The van der Waals surface area contributed by atoms with Crippen LogP contribution < -0.4 is 54.6 Å². The number of rotatable bonds is 4. The summed E-state index contributed by atoms with van der Waals surface area (Å²) in [5.41, 5.74) is 21.1. The van der Waals surface area contributed by atoms with E-state index in [1.807, 2.05) is 12.1 Å². The molecule has 0 fully saturated rings. The Hall–Kier alpha value is -5.42. The molecule has 6 aromatic carbocycles. The lowest BCUT2D eigenvalue weighted by Gasteiger charge is -2.20. The van der Waals surface area contributed by atoms with Crippen LogP contribution in [0.25, 0.3) is 83.6 Å². The maximum atomic E-state index is 6.68. The van der Waals surface area contributed by atoms with Crippen LogP contribution >= 0.6 is 0 Å². The molecular formula is C39H34B10N4O.